The van der Waals surface area contributed by atoms with Gasteiger partial charge in [0, 0.05) is 36.1 Å². The second-order valence-corrected chi connectivity index (χ2v) is 6.89. The SMILES string of the molecule is CCn1ccnc1CN1CCC(c2[nH]ncc2-c2cccc(F)c2)CC1. The number of nitrogens with one attached hydrogen (secondary N) is 1. The zero-order valence-corrected chi connectivity index (χ0v) is 15.0. The predicted octanol–water partition coefficient (Wildman–Crippen LogP) is 3.81. The van der Waals surface area contributed by atoms with E-state index in [9.17, 15) is 4.39 Å². The van der Waals surface area contributed by atoms with Crippen LogP contribution in [-0.2, 0) is 13.1 Å². The van der Waals surface area contributed by atoms with Crippen LogP contribution in [0.4, 0.5) is 4.39 Å². The van der Waals surface area contributed by atoms with Gasteiger partial charge < -0.3 is 4.57 Å². The van der Waals surface area contributed by atoms with Crippen molar-refractivity contribution in [2.45, 2.75) is 38.8 Å². The number of imidazole rings is 1. The van der Waals surface area contributed by atoms with Gasteiger partial charge in [-0.1, -0.05) is 12.1 Å². The molecule has 0 atom stereocenters. The van der Waals surface area contributed by atoms with Gasteiger partial charge in [-0.25, -0.2) is 9.37 Å². The fourth-order valence-electron chi connectivity index (χ4n) is 3.85. The van der Waals surface area contributed by atoms with Crippen molar-refractivity contribution in [2.24, 2.45) is 0 Å². The van der Waals surface area contributed by atoms with E-state index in [-0.39, 0.29) is 5.82 Å². The largest absolute Gasteiger partial charge is 0.334 e. The number of rotatable bonds is 5. The first-order valence-electron chi connectivity index (χ1n) is 9.26. The molecular formula is C20H24FN5. The molecule has 0 aliphatic carbocycles. The molecule has 3 heterocycles. The Morgan fingerprint density at radius 2 is 2.12 bits per heavy atom. The van der Waals surface area contributed by atoms with Crippen molar-refractivity contribution in [2.75, 3.05) is 13.1 Å². The summed E-state index contributed by atoms with van der Waals surface area (Å²) in [7, 11) is 0. The molecule has 0 radical (unpaired) electrons. The maximum Gasteiger partial charge on any atom is 0.123 e. The van der Waals surface area contributed by atoms with Gasteiger partial charge in [-0.05, 0) is 50.6 Å². The minimum atomic E-state index is -0.212. The van der Waals surface area contributed by atoms with Crippen molar-refractivity contribution < 1.29 is 4.39 Å². The van der Waals surface area contributed by atoms with Crippen LogP contribution in [0, 0.1) is 5.82 Å². The van der Waals surface area contributed by atoms with E-state index in [0.29, 0.717) is 5.92 Å². The monoisotopic (exact) mass is 353 g/mol. The average molecular weight is 353 g/mol. The maximum atomic E-state index is 13.6. The van der Waals surface area contributed by atoms with Gasteiger partial charge in [0.2, 0.25) is 0 Å². The number of aromatic nitrogens is 4. The van der Waals surface area contributed by atoms with Crippen LogP contribution >= 0.6 is 0 Å². The predicted molar refractivity (Wildman–Crippen MR) is 99.1 cm³/mol. The average Bonchev–Trinajstić information content (AvgIpc) is 3.31. The number of aryl methyl sites for hydroxylation is 1. The molecule has 1 aliphatic rings. The lowest BCUT2D eigenvalue weighted by atomic mass is 9.89. The van der Waals surface area contributed by atoms with Gasteiger partial charge in [0.15, 0.2) is 0 Å². The molecule has 1 fully saturated rings. The molecule has 2 aromatic heterocycles. The van der Waals surface area contributed by atoms with Gasteiger partial charge in [-0.3, -0.25) is 10.00 Å². The molecule has 1 aliphatic heterocycles. The third-order valence-electron chi connectivity index (χ3n) is 5.31. The first-order valence-corrected chi connectivity index (χ1v) is 9.26. The lowest BCUT2D eigenvalue weighted by molar-refractivity contribution is 0.197. The van der Waals surface area contributed by atoms with Crippen LogP contribution in [0.25, 0.3) is 11.1 Å². The zero-order valence-electron chi connectivity index (χ0n) is 15.0. The van der Waals surface area contributed by atoms with Crippen molar-refractivity contribution in [3.05, 3.63) is 60.2 Å². The number of nitrogens with zero attached hydrogens (tertiary/aromatic N) is 4. The van der Waals surface area contributed by atoms with Crippen molar-refractivity contribution in [1.82, 2.24) is 24.6 Å². The van der Waals surface area contributed by atoms with E-state index in [2.05, 4.69) is 31.6 Å². The molecular weight excluding hydrogens is 329 g/mol. The molecule has 0 bridgehead atoms. The third-order valence-corrected chi connectivity index (χ3v) is 5.31. The summed E-state index contributed by atoms with van der Waals surface area (Å²) in [6, 6.07) is 6.74. The summed E-state index contributed by atoms with van der Waals surface area (Å²) >= 11 is 0. The molecule has 3 aromatic rings. The molecule has 0 unspecified atom stereocenters. The molecule has 6 heteroatoms. The number of likely N-dealkylation sites (tertiary alicyclic amines) is 1. The van der Waals surface area contributed by atoms with Crippen LogP contribution in [-0.4, -0.2) is 37.7 Å². The van der Waals surface area contributed by atoms with Crippen LogP contribution in [0.15, 0.2) is 42.9 Å². The summed E-state index contributed by atoms with van der Waals surface area (Å²) < 4.78 is 15.8. The van der Waals surface area contributed by atoms with Gasteiger partial charge in [-0.15, -0.1) is 0 Å². The summed E-state index contributed by atoms with van der Waals surface area (Å²) in [5, 5.41) is 7.40. The normalized spacial score (nSPS) is 16.2. The quantitative estimate of drug-likeness (QED) is 0.759. The van der Waals surface area contributed by atoms with E-state index < -0.39 is 0 Å². The number of halogens is 1. The smallest absolute Gasteiger partial charge is 0.123 e. The molecule has 26 heavy (non-hydrogen) atoms. The van der Waals surface area contributed by atoms with E-state index in [1.54, 1.807) is 12.1 Å². The van der Waals surface area contributed by atoms with E-state index in [0.717, 1.165) is 61.7 Å². The highest BCUT2D eigenvalue weighted by Gasteiger charge is 2.25. The third kappa shape index (κ3) is 3.42. The van der Waals surface area contributed by atoms with Gasteiger partial charge in [-0.2, -0.15) is 5.10 Å². The summed E-state index contributed by atoms with van der Waals surface area (Å²) in [5.74, 6) is 1.35. The number of benzene rings is 1. The fraction of sp³-hybridized carbons (Fsp3) is 0.400. The lowest BCUT2D eigenvalue weighted by Gasteiger charge is -2.31. The minimum absolute atomic E-state index is 0.212. The van der Waals surface area contributed by atoms with Gasteiger partial charge in [0.1, 0.15) is 11.6 Å². The Kier molecular flexibility index (Phi) is 4.84. The Bertz CT molecular complexity index is 860. The van der Waals surface area contributed by atoms with Crippen LogP contribution < -0.4 is 0 Å². The maximum absolute atomic E-state index is 13.6. The summed E-state index contributed by atoms with van der Waals surface area (Å²) in [6.07, 6.45) is 7.86. The number of piperidine rings is 1. The van der Waals surface area contributed by atoms with Crippen molar-refractivity contribution in [3.63, 3.8) is 0 Å². The van der Waals surface area contributed by atoms with Crippen LogP contribution in [0.2, 0.25) is 0 Å². The molecule has 5 nitrogen and oxygen atoms in total. The van der Waals surface area contributed by atoms with E-state index in [1.165, 1.54) is 6.07 Å². The Hall–Kier alpha value is -2.47. The highest BCUT2D eigenvalue weighted by Crippen LogP contribution is 2.34. The molecule has 4 rings (SSSR count). The standard InChI is InChI=1S/C20H24FN5/c1-2-26-11-8-22-19(26)14-25-9-6-15(7-10-25)20-18(13-23-24-20)16-4-3-5-17(21)12-16/h3-5,8,11-13,15H,2,6-7,9-10,14H2,1H3,(H,23,24). The second-order valence-electron chi connectivity index (χ2n) is 6.89. The van der Waals surface area contributed by atoms with Crippen LogP contribution in [0.3, 0.4) is 0 Å². The van der Waals surface area contributed by atoms with E-state index in [4.69, 9.17) is 0 Å². The van der Waals surface area contributed by atoms with Gasteiger partial charge in [0.25, 0.3) is 0 Å². The van der Waals surface area contributed by atoms with Gasteiger partial charge >= 0.3 is 0 Å². The lowest BCUT2D eigenvalue weighted by Crippen LogP contribution is -2.33. The molecule has 1 N–H and O–H groups in total. The van der Waals surface area contributed by atoms with Crippen molar-refractivity contribution >= 4 is 0 Å². The van der Waals surface area contributed by atoms with E-state index in [1.807, 2.05) is 24.7 Å². The molecule has 136 valence electrons. The molecule has 1 aromatic carbocycles. The Labute approximate surface area is 152 Å². The topological polar surface area (TPSA) is 49.7 Å². The number of aromatic amines is 1. The summed E-state index contributed by atoms with van der Waals surface area (Å²) in [5.41, 5.74) is 3.04. The fourth-order valence-corrected chi connectivity index (χ4v) is 3.85. The number of H-pyrrole nitrogens is 1. The minimum Gasteiger partial charge on any atom is -0.334 e. The molecule has 1 saturated heterocycles. The second kappa shape index (κ2) is 7.41. The molecule has 0 saturated carbocycles. The van der Waals surface area contributed by atoms with E-state index >= 15 is 0 Å². The Morgan fingerprint density at radius 1 is 1.27 bits per heavy atom. The Balaban J connectivity index is 1.44. The van der Waals surface area contributed by atoms with Gasteiger partial charge in [0.05, 0.1) is 12.7 Å². The summed E-state index contributed by atoms with van der Waals surface area (Å²) in [6.45, 7) is 6.06. The molecule has 0 spiro atoms. The highest BCUT2D eigenvalue weighted by atomic mass is 19.1. The van der Waals surface area contributed by atoms with Crippen LogP contribution in [0.1, 0.15) is 37.2 Å². The van der Waals surface area contributed by atoms with Crippen molar-refractivity contribution in [1.29, 1.82) is 0 Å². The molecule has 0 amide bonds. The summed E-state index contributed by atoms with van der Waals surface area (Å²) in [4.78, 5) is 6.94. The number of hydrogen-bond acceptors (Lipinski definition) is 3. The number of hydrogen-bond donors (Lipinski definition) is 1. The first kappa shape index (κ1) is 17.0. The highest BCUT2D eigenvalue weighted by molar-refractivity contribution is 5.65. The first-order chi connectivity index (χ1) is 12.7. The van der Waals surface area contributed by atoms with Crippen LogP contribution in [0.5, 0.6) is 0 Å². The Morgan fingerprint density at radius 3 is 2.88 bits per heavy atom. The zero-order chi connectivity index (χ0) is 17.9. The van der Waals surface area contributed by atoms with Crippen molar-refractivity contribution in [3.8, 4) is 11.1 Å².